The highest BCUT2D eigenvalue weighted by Gasteiger charge is 2.33. The van der Waals surface area contributed by atoms with Crippen molar-refractivity contribution in [1.29, 1.82) is 0 Å². The first-order chi connectivity index (χ1) is 11.3. The van der Waals surface area contributed by atoms with Crippen molar-refractivity contribution in [2.24, 2.45) is 0 Å². The predicted octanol–water partition coefficient (Wildman–Crippen LogP) is 4.32. The number of aromatic nitrogens is 2. The van der Waals surface area contributed by atoms with Crippen LogP contribution in [0.15, 0.2) is 24.4 Å². The van der Waals surface area contributed by atoms with Crippen molar-refractivity contribution in [3.8, 4) is 0 Å². The molecule has 0 fully saturated rings. The minimum atomic E-state index is -4.53. The van der Waals surface area contributed by atoms with E-state index in [0.29, 0.717) is 23.6 Å². The quantitative estimate of drug-likeness (QED) is 0.864. The molecule has 0 unspecified atom stereocenters. The zero-order chi connectivity index (χ0) is 17.9. The lowest BCUT2D eigenvalue weighted by atomic mass is 10.0. The fourth-order valence-corrected chi connectivity index (χ4v) is 2.69. The highest BCUT2D eigenvalue weighted by molar-refractivity contribution is 6.32. The van der Waals surface area contributed by atoms with Gasteiger partial charge in [0, 0.05) is 16.9 Å². The van der Waals surface area contributed by atoms with Crippen molar-refractivity contribution in [1.82, 2.24) is 9.78 Å². The molecule has 0 aliphatic rings. The summed E-state index contributed by atoms with van der Waals surface area (Å²) in [5.41, 5.74) is 1.32. The Labute approximate surface area is 142 Å². The molecule has 1 aromatic heterocycles. The number of anilines is 1. The van der Waals surface area contributed by atoms with Crippen LogP contribution in [0.2, 0.25) is 5.02 Å². The maximum atomic E-state index is 12.5. The highest BCUT2D eigenvalue weighted by Crippen LogP contribution is 2.30. The number of amides is 1. The van der Waals surface area contributed by atoms with Gasteiger partial charge in [0.1, 0.15) is 6.54 Å². The lowest BCUT2D eigenvalue weighted by molar-refractivity contribution is -0.141. The van der Waals surface area contributed by atoms with E-state index in [-0.39, 0.29) is 6.54 Å². The van der Waals surface area contributed by atoms with Crippen molar-refractivity contribution in [3.63, 3.8) is 0 Å². The van der Waals surface area contributed by atoms with Crippen LogP contribution in [0.1, 0.15) is 30.7 Å². The maximum absolute atomic E-state index is 12.5. The van der Waals surface area contributed by atoms with Gasteiger partial charge >= 0.3 is 6.18 Å². The predicted molar refractivity (Wildman–Crippen MR) is 86.1 cm³/mol. The van der Waals surface area contributed by atoms with Gasteiger partial charge in [-0.2, -0.15) is 18.3 Å². The molecule has 0 atom stereocenters. The second-order valence-electron chi connectivity index (χ2n) is 5.21. The van der Waals surface area contributed by atoms with Crippen molar-refractivity contribution in [2.75, 3.05) is 5.32 Å². The molecule has 1 N–H and O–H groups in total. The smallest absolute Gasteiger partial charge is 0.324 e. The van der Waals surface area contributed by atoms with Gasteiger partial charge in [-0.15, -0.1) is 0 Å². The molecule has 1 amide bonds. The molecule has 8 heteroatoms. The van der Waals surface area contributed by atoms with E-state index in [1.807, 2.05) is 19.9 Å². The Morgan fingerprint density at radius 1 is 1.25 bits per heavy atom. The Morgan fingerprint density at radius 3 is 2.50 bits per heavy atom. The number of carbonyl (C=O) groups is 1. The van der Waals surface area contributed by atoms with E-state index in [1.165, 1.54) is 0 Å². The number of nitrogens with zero attached hydrogens (tertiary/aromatic N) is 2. The van der Waals surface area contributed by atoms with Crippen LogP contribution in [-0.4, -0.2) is 15.7 Å². The fraction of sp³-hybridized carbons (Fsp3) is 0.375. The van der Waals surface area contributed by atoms with Crippen LogP contribution in [-0.2, 0) is 30.4 Å². The molecule has 0 saturated heterocycles. The molecular formula is C16H17ClF3N3O. The number of hydrogen-bond acceptors (Lipinski definition) is 2. The summed E-state index contributed by atoms with van der Waals surface area (Å²) >= 11 is 6.16. The number of nitrogens with one attached hydrogen (secondary N) is 1. The molecule has 0 saturated carbocycles. The van der Waals surface area contributed by atoms with Gasteiger partial charge < -0.3 is 5.32 Å². The SMILES string of the molecule is CCc1ccc(Cl)c(CC)c1NC(=O)Cn1ccc(C(F)(F)F)n1. The Hall–Kier alpha value is -2.02. The van der Waals surface area contributed by atoms with Gasteiger partial charge in [0.15, 0.2) is 5.69 Å². The second-order valence-corrected chi connectivity index (χ2v) is 5.62. The maximum Gasteiger partial charge on any atom is 0.435 e. The van der Waals surface area contributed by atoms with Gasteiger partial charge in [-0.25, -0.2) is 0 Å². The van der Waals surface area contributed by atoms with Crippen molar-refractivity contribution in [3.05, 3.63) is 46.2 Å². The van der Waals surface area contributed by atoms with E-state index >= 15 is 0 Å². The molecule has 2 aromatic rings. The van der Waals surface area contributed by atoms with Crippen molar-refractivity contribution in [2.45, 2.75) is 39.4 Å². The van der Waals surface area contributed by atoms with Gasteiger partial charge in [-0.1, -0.05) is 31.5 Å². The van der Waals surface area contributed by atoms with Gasteiger partial charge in [0.2, 0.25) is 5.91 Å². The topological polar surface area (TPSA) is 46.9 Å². The molecule has 24 heavy (non-hydrogen) atoms. The standard InChI is InChI=1S/C16H17ClF3N3O/c1-3-10-5-6-12(17)11(4-2)15(10)21-14(24)9-23-8-7-13(22-23)16(18,19)20/h5-8H,3-4,9H2,1-2H3,(H,21,24). The normalized spacial score (nSPS) is 11.6. The second kappa shape index (κ2) is 7.25. The minimum Gasteiger partial charge on any atom is -0.324 e. The van der Waals surface area contributed by atoms with Crippen LogP contribution >= 0.6 is 11.6 Å². The number of halogens is 4. The number of aryl methyl sites for hydroxylation is 1. The third-order valence-electron chi connectivity index (χ3n) is 3.58. The summed E-state index contributed by atoms with van der Waals surface area (Å²) in [5.74, 6) is -0.460. The average Bonchev–Trinajstić information content (AvgIpc) is 2.96. The van der Waals surface area contributed by atoms with Crippen LogP contribution in [0.5, 0.6) is 0 Å². The van der Waals surface area contributed by atoms with Gasteiger partial charge in [0.25, 0.3) is 0 Å². The fourth-order valence-electron chi connectivity index (χ4n) is 2.39. The zero-order valence-corrected chi connectivity index (χ0v) is 14.0. The van der Waals surface area contributed by atoms with Crippen molar-refractivity contribution >= 4 is 23.2 Å². The van der Waals surface area contributed by atoms with E-state index < -0.39 is 17.8 Å². The molecule has 1 heterocycles. The molecule has 0 bridgehead atoms. The summed E-state index contributed by atoms with van der Waals surface area (Å²) < 4.78 is 38.6. The number of alkyl halides is 3. The number of rotatable bonds is 5. The summed E-state index contributed by atoms with van der Waals surface area (Å²) in [6.45, 7) is 3.55. The molecular weight excluding hydrogens is 343 g/mol. The van der Waals surface area contributed by atoms with E-state index in [4.69, 9.17) is 11.6 Å². The van der Waals surface area contributed by atoms with E-state index in [2.05, 4.69) is 10.4 Å². The largest absolute Gasteiger partial charge is 0.435 e. The summed E-state index contributed by atoms with van der Waals surface area (Å²) in [5, 5.41) is 6.67. The van der Waals surface area contributed by atoms with Gasteiger partial charge in [-0.3, -0.25) is 9.48 Å². The number of benzene rings is 1. The first kappa shape index (κ1) is 18.3. The summed E-state index contributed by atoms with van der Waals surface area (Å²) in [6, 6.07) is 4.44. The molecule has 0 radical (unpaired) electrons. The highest BCUT2D eigenvalue weighted by atomic mass is 35.5. The first-order valence-corrected chi connectivity index (χ1v) is 7.84. The number of carbonyl (C=O) groups excluding carboxylic acids is 1. The Morgan fingerprint density at radius 2 is 1.96 bits per heavy atom. The van der Waals surface area contributed by atoms with Gasteiger partial charge in [0.05, 0.1) is 0 Å². The molecule has 2 rings (SSSR count). The number of hydrogen-bond donors (Lipinski definition) is 1. The molecule has 1 aromatic carbocycles. The minimum absolute atomic E-state index is 0.311. The molecule has 0 aliphatic carbocycles. The lowest BCUT2D eigenvalue weighted by Gasteiger charge is -2.16. The Kier molecular flexibility index (Phi) is 5.54. The molecule has 4 nitrogen and oxygen atoms in total. The van der Waals surface area contributed by atoms with Crippen LogP contribution in [0, 0.1) is 0 Å². The van der Waals surface area contributed by atoms with Gasteiger partial charge in [-0.05, 0) is 36.1 Å². The van der Waals surface area contributed by atoms with Crippen LogP contribution < -0.4 is 5.32 Å². The lowest BCUT2D eigenvalue weighted by Crippen LogP contribution is -2.21. The third kappa shape index (κ3) is 4.08. The Balaban J connectivity index is 2.18. The van der Waals surface area contributed by atoms with Crippen LogP contribution in [0.25, 0.3) is 0 Å². The van der Waals surface area contributed by atoms with E-state index in [9.17, 15) is 18.0 Å². The van der Waals surface area contributed by atoms with Crippen LogP contribution in [0.3, 0.4) is 0 Å². The molecule has 130 valence electrons. The Bertz CT molecular complexity index is 741. The van der Waals surface area contributed by atoms with Crippen molar-refractivity contribution < 1.29 is 18.0 Å². The molecule has 0 spiro atoms. The monoisotopic (exact) mass is 359 g/mol. The third-order valence-corrected chi connectivity index (χ3v) is 3.93. The zero-order valence-electron chi connectivity index (χ0n) is 13.2. The summed E-state index contributed by atoms with van der Waals surface area (Å²) in [7, 11) is 0. The summed E-state index contributed by atoms with van der Waals surface area (Å²) in [6.07, 6.45) is -2.08. The van der Waals surface area contributed by atoms with E-state index in [0.717, 1.165) is 28.1 Å². The average molecular weight is 360 g/mol. The van der Waals surface area contributed by atoms with Crippen LogP contribution in [0.4, 0.5) is 18.9 Å². The molecule has 0 aliphatic heterocycles. The summed E-state index contributed by atoms with van der Waals surface area (Å²) in [4.78, 5) is 12.2. The first-order valence-electron chi connectivity index (χ1n) is 7.47. The van der Waals surface area contributed by atoms with E-state index in [1.54, 1.807) is 6.07 Å².